The molecule has 0 saturated carbocycles. The van der Waals surface area contributed by atoms with Crippen molar-refractivity contribution in [3.05, 3.63) is 64.9 Å². The van der Waals surface area contributed by atoms with Gasteiger partial charge in [-0.3, -0.25) is 4.79 Å². The van der Waals surface area contributed by atoms with Gasteiger partial charge in [0.25, 0.3) is 5.91 Å². The average molecular weight is 478 g/mol. The van der Waals surface area contributed by atoms with Crippen LogP contribution in [0.25, 0.3) is 22.5 Å². The van der Waals surface area contributed by atoms with Crippen molar-refractivity contribution in [3.8, 4) is 11.1 Å². The average Bonchev–Trinajstić information content (AvgIpc) is 3.40. The zero-order chi connectivity index (χ0) is 24.0. The summed E-state index contributed by atoms with van der Waals surface area (Å²) in [6.07, 6.45) is 3.45. The molecular weight excluding hydrogens is 454 g/mol. The Kier molecular flexibility index (Phi) is 5.63. The number of aliphatic hydroxyl groups excluding tert-OH is 2. The van der Waals surface area contributed by atoms with Gasteiger partial charge < -0.3 is 25.3 Å². The summed E-state index contributed by atoms with van der Waals surface area (Å²) < 4.78 is 0. The normalized spacial score (nSPS) is 18.6. The van der Waals surface area contributed by atoms with Crippen molar-refractivity contribution >= 4 is 46.2 Å². The fraction of sp³-hybridized carbons (Fsp3) is 0.240. The number of anilines is 3. The number of aliphatic hydroxyl groups is 2. The van der Waals surface area contributed by atoms with E-state index in [2.05, 4.69) is 20.2 Å². The first-order chi connectivity index (χ1) is 16.3. The van der Waals surface area contributed by atoms with Crippen molar-refractivity contribution in [1.82, 2.24) is 9.97 Å². The molecule has 174 valence electrons. The topological polar surface area (TPSA) is 102 Å². The quantitative estimate of drug-likeness (QED) is 0.388. The SMILES string of the molecule is CN(C)c1ncc(C(O)=C2C(=O)Nc3cc(Cl)c(-c4ccc(N5CCC(O)C5)cc4)cc32)cn1. The number of hydrogen-bond acceptors (Lipinski definition) is 7. The lowest BCUT2D eigenvalue weighted by Gasteiger charge is -2.18. The Labute approximate surface area is 202 Å². The third-order valence-corrected chi connectivity index (χ3v) is 6.42. The van der Waals surface area contributed by atoms with Crippen LogP contribution in [0.5, 0.6) is 0 Å². The molecule has 0 radical (unpaired) electrons. The molecule has 1 unspecified atom stereocenters. The van der Waals surface area contributed by atoms with Crippen molar-refractivity contribution in [2.75, 3.05) is 42.3 Å². The van der Waals surface area contributed by atoms with Gasteiger partial charge in [-0.1, -0.05) is 23.7 Å². The van der Waals surface area contributed by atoms with Crippen LogP contribution in [-0.4, -0.2) is 59.4 Å². The maximum atomic E-state index is 12.8. The molecule has 1 fully saturated rings. The summed E-state index contributed by atoms with van der Waals surface area (Å²) in [5.74, 6) is -0.114. The molecular formula is C25H24ClN5O3. The van der Waals surface area contributed by atoms with Gasteiger partial charge in [-0.15, -0.1) is 0 Å². The Bertz CT molecular complexity index is 1290. The first-order valence-corrected chi connectivity index (χ1v) is 11.3. The van der Waals surface area contributed by atoms with Crippen molar-refractivity contribution in [3.63, 3.8) is 0 Å². The van der Waals surface area contributed by atoms with E-state index >= 15 is 0 Å². The standard InChI is InChI=1S/C25H24ClN5O3/c1-30(2)25-27-11-15(12-28-25)23(33)22-19-9-18(20(26)10-21(19)29-24(22)34)14-3-5-16(6-4-14)31-8-7-17(32)13-31/h3-6,9-12,17,32-33H,7-8,13H2,1-2H3,(H,29,34). The van der Waals surface area contributed by atoms with Crippen LogP contribution < -0.4 is 15.1 Å². The van der Waals surface area contributed by atoms with E-state index in [4.69, 9.17) is 11.6 Å². The molecule has 2 aliphatic rings. The number of carbonyl (C=O) groups excluding carboxylic acids is 1. The maximum Gasteiger partial charge on any atom is 0.260 e. The van der Waals surface area contributed by atoms with Crippen LogP contribution in [0.3, 0.4) is 0 Å². The molecule has 2 aliphatic heterocycles. The lowest BCUT2D eigenvalue weighted by Crippen LogP contribution is -2.20. The predicted octanol–water partition coefficient (Wildman–Crippen LogP) is 3.81. The van der Waals surface area contributed by atoms with E-state index in [1.807, 2.05) is 44.4 Å². The fourth-order valence-electron chi connectivity index (χ4n) is 4.29. The summed E-state index contributed by atoms with van der Waals surface area (Å²) >= 11 is 6.57. The molecule has 34 heavy (non-hydrogen) atoms. The van der Waals surface area contributed by atoms with Crippen LogP contribution >= 0.6 is 11.6 Å². The van der Waals surface area contributed by atoms with E-state index in [1.165, 1.54) is 12.4 Å². The van der Waals surface area contributed by atoms with E-state index in [1.54, 1.807) is 11.0 Å². The van der Waals surface area contributed by atoms with Gasteiger partial charge in [0, 0.05) is 56.4 Å². The second kappa shape index (κ2) is 8.62. The third kappa shape index (κ3) is 3.95. The molecule has 0 spiro atoms. The van der Waals surface area contributed by atoms with Crippen LogP contribution in [0, 0.1) is 0 Å². The molecule has 1 saturated heterocycles. The smallest absolute Gasteiger partial charge is 0.260 e. The molecule has 1 aromatic heterocycles. The van der Waals surface area contributed by atoms with Crippen LogP contribution in [-0.2, 0) is 4.79 Å². The van der Waals surface area contributed by atoms with Gasteiger partial charge >= 0.3 is 0 Å². The summed E-state index contributed by atoms with van der Waals surface area (Å²) in [5.41, 5.74) is 4.25. The first-order valence-electron chi connectivity index (χ1n) is 10.9. The Morgan fingerprint density at radius 2 is 1.85 bits per heavy atom. The maximum absolute atomic E-state index is 12.8. The number of amides is 1. The number of rotatable bonds is 4. The number of hydrogen-bond donors (Lipinski definition) is 3. The molecule has 3 N–H and O–H groups in total. The highest BCUT2D eigenvalue weighted by molar-refractivity contribution is 6.38. The number of carbonyl (C=O) groups is 1. The number of benzene rings is 2. The zero-order valence-corrected chi connectivity index (χ0v) is 19.5. The Hall–Kier alpha value is -3.62. The van der Waals surface area contributed by atoms with Gasteiger partial charge in [0.1, 0.15) is 5.76 Å². The van der Waals surface area contributed by atoms with Crippen LogP contribution in [0.1, 0.15) is 17.5 Å². The lowest BCUT2D eigenvalue weighted by molar-refractivity contribution is -0.110. The molecule has 0 aliphatic carbocycles. The van der Waals surface area contributed by atoms with Crippen molar-refractivity contribution in [1.29, 1.82) is 0 Å². The molecule has 2 aromatic carbocycles. The Morgan fingerprint density at radius 3 is 2.47 bits per heavy atom. The number of nitrogens with one attached hydrogen (secondary N) is 1. The first kappa shape index (κ1) is 22.2. The second-order valence-corrected chi connectivity index (χ2v) is 9.06. The van der Waals surface area contributed by atoms with E-state index < -0.39 is 5.91 Å². The van der Waals surface area contributed by atoms with Crippen molar-refractivity contribution < 1.29 is 15.0 Å². The number of fused-ring (bicyclic) bond motifs is 1. The summed E-state index contributed by atoms with van der Waals surface area (Å²) in [6.45, 7) is 1.44. The summed E-state index contributed by atoms with van der Waals surface area (Å²) in [7, 11) is 3.64. The minimum atomic E-state index is -0.416. The Morgan fingerprint density at radius 1 is 1.15 bits per heavy atom. The highest BCUT2D eigenvalue weighted by atomic mass is 35.5. The molecule has 8 nitrogen and oxygen atoms in total. The molecule has 1 amide bonds. The van der Waals surface area contributed by atoms with Crippen molar-refractivity contribution in [2.45, 2.75) is 12.5 Å². The fourth-order valence-corrected chi connectivity index (χ4v) is 4.57. The van der Waals surface area contributed by atoms with Crippen LogP contribution in [0.2, 0.25) is 5.02 Å². The van der Waals surface area contributed by atoms with E-state index in [9.17, 15) is 15.0 Å². The molecule has 5 rings (SSSR count). The molecule has 1 atom stereocenters. The largest absolute Gasteiger partial charge is 0.506 e. The van der Waals surface area contributed by atoms with Crippen molar-refractivity contribution in [2.24, 2.45) is 0 Å². The summed E-state index contributed by atoms with van der Waals surface area (Å²) in [6, 6.07) is 11.4. The third-order valence-electron chi connectivity index (χ3n) is 6.11. The molecule has 0 bridgehead atoms. The van der Waals surface area contributed by atoms with Crippen LogP contribution in [0.4, 0.5) is 17.3 Å². The van der Waals surface area contributed by atoms with Gasteiger partial charge in [0.05, 0.1) is 28.0 Å². The van der Waals surface area contributed by atoms with E-state index in [-0.39, 0.29) is 17.4 Å². The van der Waals surface area contributed by atoms with Gasteiger partial charge in [0.2, 0.25) is 5.95 Å². The van der Waals surface area contributed by atoms with Gasteiger partial charge in [-0.2, -0.15) is 0 Å². The molecule has 3 aromatic rings. The number of halogens is 1. The second-order valence-electron chi connectivity index (χ2n) is 8.66. The predicted molar refractivity (Wildman–Crippen MR) is 134 cm³/mol. The van der Waals surface area contributed by atoms with Gasteiger partial charge in [0.15, 0.2) is 0 Å². The highest BCUT2D eigenvalue weighted by Crippen LogP contribution is 2.42. The minimum absolute atomic E-state index is 0.150. The Balaban J connectivity index is 1.52. The van der Waals surface area contributed by atoms with Gasteiger partial charge in [-0.05, 0) is 36.2 Å². The highest BCUT2D eigenvalue weighted by Gasteiger charge is 2.30. The van der Waals surface area contributed by atoms with E-state index in [0.717, 1.165) is 29.8 Å². The zero-order valence-electron chi connectivity index (χ0n) is 18.8. The summed E-state index contributed by atoms with van der Waals surface area (Å²) in [4.78, 5) is 25.1. The number of nitrogens with zero attached hydrogens (tertiary/aromatic N) is 4. The number of β-amino-alcohol motifs (C(OH)–C–C–N with tert-alkyl or cyclic N) is 1. The molecule has 9 heteroatoms. The van der Waals surface area contributed by atoms with Crippen LogP contribution in [0.15, 0.2) is 48.8 Å². The molecule has 3 heterocycles. The van der Waals surface area contributed by atoms with Gasteiger partial charge in [-0.25, -0.2) is 9.97 Å². The lowest BCUT2D eigenvalue weighted by atomic mass is 9.97. The summed E-state index contributed by atoms with van der Waals surface area (Å²) in [5, 5.41) is 24.0. The monoisotopic (exact) mass is 477 g/mol. The minimum Gasteiger partial charge on any atom is -0.506 e. The number of aromatic nitrogens is 2. The van der Waals surface area contributed by atoms with E-state index in [0.29, 0.717) is 34.3 Å².